The first-order valence-corrected chi connectivity index (χ1v) is 6.90. The van der Waals surface area contributed by atoms with E-state index in [-0.39, 0.29) is 0 Å². The maximum absolute atomic E-state index is 6.49. The molecule has 2 aromatic rings. The third kappa shape index (κ3) is 2.96. The van der Waals surface area contributed by atoms with Crippen molar-refractivity contribution in [2.24, 2.45) is 0 Å². The Bertz CT molecular complexity index is 536. The lowest BCUT2D eigenvalue weighted by Gasteiger charge is -2.14. The Labute approximate surface area is 119 Å². The van der Waals surface area contributed by atoms with Gasteiger partial charge in [-0.1, -0.05) is 24.6 Å². The first-order valence-electron chi connectivity index (χ1n) is 6.52. The van der Waals surface area contributed by atoms with Crippen molar-refractivity contribution >= 4 is 11.6 Å². The second-order valence-corrected chi connectivity index (χ2v) is 4.85. The summed E-state index contributed by atoms with van der Waals surface area (Å²) < 4.78 is 1.96. The van der Waals surface area contributed by atoms with E-state index >= 15 is 0 Å². The van der Waals surface area contributed by atoms with Gasteiger partial charge in [0.05, 0.1) is 16.4 Å². The molecule has 0 unspecified atom stereocenters. The van der Waals surface area contributed by atoms with Crippen LogP contribution >= 0.6 is 11.6 Å². The highest BCUT2D eigenvalue weighted by molar-refractivity contribution is 6.33. The van der Waals surface area contributed by atoms with Gasteiger partial charge in [-0.15, -0.1) is 0 Å². The number of nitrogens with zero attached hydrogens (tertiary/aromatic N) is 4. The lowest BCUT2D eigenvalue weighted by atomic mass is 10.2. The van der Waals surface area contributed by atoms with Crippen molar-refractivity contribution in [3.8, 4) is 11.4 Å². The molecular weight excluding hydrogens is 260 g/mol. The van der Waals surface area contributed by atoms with Crippen LogP contribution in [0.1, 0.15) is 19.5 Å². The van der Waals surface area contributed by atoms with Crippen molar-refractivity contribution in [1.29, 1.82) is 0 Å². The number of rotatable bonds is 5. The van der Waals surface area contributed by atoms with Gasteiger partial charge in [-0.2, -0.15) is 5.10 Å². The van der Waals surface area contributed by atoms with Crippen LogP contribution in [0.2, 0.25) is 5.02 Å². The Balaban J connectivity index is 2.42. The van der Waals surface area contributed by atoms with E-state index in [0.717, 1.165) is 36.7 Å². The van der Waals surface area contributed by atoms with E-state index in [9.17, 15) is 0 Å². The van der Waals surface area contributed by atoms with Gasteiger partial charge in [0.15, 0.2) is 0 Å². The van der Waals surface area contributed by atoms with Crippen LogP contribution in [0.15, 0.2) is 24.4 Å². The molecule has 0 aromatic carbocycles. The van der Waals surface area contributed by atoms with Gasteiger partial charge in [0.2, 0.25) is 0 Å². The third-order valence-corrected chi connectivity index (χ3v) is 3.56. The summed E-state index contributed by atoms with van der Waals surface area (Å²) in [5.74, 6) is 0. The molecule has 19 heavy (non-hydrogen) atoms. The van der Waals surface area contributed by atoms with Gasteiger partial charge in [-0.25, -0.2) is 0 Å². The van der Waals surface area contributed by atoms with Crippen LogP contribution in [0.5, 0.6) is 0 Å². The van der Waals surface area contributed by atoms with E-state index in [1.165, 1.54) is 0 Å². The molecule has 5 heteroatoms. The highest BCUT2D eigenvalue weighted by atomic mass is 35.5. The molecule has 2 heterocycles. The normalized spacial score (nSPS) is 11.2. The summed E-state index contributed by atoms with van der Waals surface area (Å²) in [4.78, 5) is 6.53. The zero-order chi connectivity index (χ0) is 13.8. The van der Waals surface area contributed by atoms with Gasteiger partial charge >= 0.3 is 0 Å². The minimum Gasteiger partial charge on any atom is -0.301 e. The fourth-order valence-corrected chi connectivity index (χ4v) is 2.21. The molecular formula is C14H19ClN4. The molecule has 0 saturated carbocycles. The molecule has 4 nitrogen and oxygen atoms in total. The zero-order valence-electron chi connectivity index (χ0n) is 11.6. The van der Waals surface area contributed by atoms with Crippen molar-refractivity contribution < 1.29 is 0 Å². The van der Waals surface area contributed by atoms with E-state index in [4.69, 9.17) is 11.6 Å². The summed E-state index contributed by atoms with van der Waals surface area (Å²) in [6.07, 6.45) is 1.76. The summed E-state index contributed by atoms with van der Waals surface area (Å²) in [7, 11) is 2.07. The predicted octanol–water partition coefficient (Wildman–Crippen LogP) is 3.07. The molecule has 0 saturated heterocycles. The maximum Gasteiger partial charge on any atom is 0.130 e. The van der Waals surface area contributed by atoms with Crippen molar-refractivity contribution in [2.75, 3.05) is 13.6 Å². The Morgan fingerprint density at radius 1 is 1.32 bits per heavy atom. The second-order valence-electron chi connectivity index (χ2n) is 4.47. The van der Waals surface area contributed by atoms with Gasteiger partial charge in [0, 0.05) is 19.3 Å². The fourth-order valence-electron chi connectivity index (χ4n) is 1.92. The highest BCUT2D eigenvalue weighted by Crippen LogP contribution is 2.29. The van der Waals surface area contributed by atoms with E-state index in [0.29, 0.717) is 5.02 Å². The smallest absolute Gasteiger partial charge is 0.130 e. The maximum atomic E-state index is 6.49. The molecule has 0 radical (unpaired) electrons. The molecule has 0 aliphatic rings. The predicted molar refractivity (Wildman–Crippen MR) is 78.2 cm³/mol. The molecule has 0 spiro atoms. The largest absolute Gasteiger partial charge is 0.301 e. The molecule has 102 valence electrons. The monoisotopic (exact) mass is 278 g/mol. The Morgan fingerprint density at radius 2 is 2.11 bits per heavy atom. The number of pyridine rings is 1. The van der Waals surface area contributed by atoms with Crippen LogP contribution in [0.4, 0.5) is 0 Å². The summed E-state index contributed by atoms with van der Waals surface area (Å²) in [5, 5.41) is 5.29. The van der Waals surface area contributed by atoms with Crippen LogP contribution in [0.25, 0.3) is 11.4 Å². The average molecular weight is 279 g/mol. The first-order chi connectivity index (χ1) is 9.17. The Morgan fingerprint density at radius 3 is 2.68 bits per heavy atom. The van der Waals surface area contributed by atoms with Crippen molar-refractivity contribution in [3.63, 3.8) is 0 Å². The number of hydrogen-bond acceptors (Lipinski definition) is 3. The van der Waals surface area contributed by atoms with Crippen LogP contribution in [-0.2, 0) is 13.1 Å². The minimum absolute atomic E-state index is 0.709. The first kappa shape index (κ1) is 14.0. The summed E-state index contributed by atoms with van der Waals surface area (Å²) >= 11 is 6.49. The van der Waals surface area contributed by atoms with Gasteiger partial charge in [0.25, 0.3) is 0 Å². The molecule has 0 bridgehead atoms. The minimum atomic E-state index is 0.709. The molecule has 2 rings (SSSR count). The molecule has 2 aromatic heterocycles. The van der Waals surface area contributed by atoms with Gasteiger partial charge in [-0.3, -0.25) is 9.67 Å². The molecule has 0 N–H and O–H groups in total. The summed E-state index contributed by atoms with van der Waals surface area (Å²) in [6, 6.07) is 5.77. The summed E-state index contributed by atoms with van der Waals surface area (Å²) in [5.41, 5.74) is 2.64. The number of aryl methyl sites for hydroxylation is 1. The number of aromatic nitrogens is 3. The topological polar surface area (TPSA) is 34.0 Å². The van der Waals surface area contributed by atoms with Crippen molar-refractivity contribution in [2.45, 2.75) is 26.9 Å². The van der Waals surface area contributed by atoms with E-state index in [1.807, 2.05) is 22.9 Å². The quantitative estimate of drug-likeness (QED) is 0.843. The SMILES string of the molecule is CCN(C)Cc1c(Cl)c(-c2ccccn2)nn1CC. The molecule has 0 aliphatic heterocycles. The van der Waals surface area contributed by atoms with Crippen LogP contribution in [0.3, 0.4) is 0 Å². The highest BCUT2D eigenvalue weighted by Gasteiger charge is 2.18. The van der Waals surface area contributed by atoms with Crippen LogP contribution in [-0.4, -0.2) is 33.3 Å². The molecule has 0 fully saturated rings. The van der Waals surface area contributed by atoms with Gasteiger partial charge in [0.1, 0.15) is 5.69 Å². The molecule has 0 aliphatic carbocycles. The van der Waals surface area contributed by atoms with Crippen LogP contribution < -0.4 is 0 Å². The fraction of sp³-hybridized carbons (Fsp3) is 0.429. The standard InChI is InChI=1S/C14H19ClN4/c1-4-18(3)10-12-13(15)14(17-19(12)5-2)11-8-6-7-9-16-11/h6-9H,4-5,10H2,1-3H3. The van der Waals surface area contributed by atoms with E-state index < -0.39 is 0 Å². The Hall–Kier alpha value is -1.39. The van der Waals surface area contributed by atoms with E-state index in [1.54, 1.807) is 6.20 Å². The number of hydrogen-bond donors (Lipinski definition) is 0. The lowest BCUT2D eigenvalue weighted by Crippen LogP contribution is -2.19. The molecule has 0 atom stereocenters. The average Bonchev–Trinajstić information content (AvgIpc) is 2.76. The van der Waals surface area contributed by atoms with Gasteiger partial charge < -0.3 is 4.90 Å². The second kappa shape index (κ2) is 6.17. The number of halogens is 1. The molecule has 0 amide bonds. The summed E-state index contributed by atoms with van der Waals surface area (Å²) in [6.45, 7) is 6.77. The van der Waals surface area contributed by atoms with Crippen LogP contribution in [0, 0.1) is 0 Å². The van der Waals surface area contributed by atoms with E-state index in [2.05, 4.69) is 35.9 Å². The van der Waals surface area contributed by atoms with Crippen molar-refractivity contribution in [1.82, 2.24) is 19.7 Å². The lowest BCUT2D eigenvalue weighted by molar-refractivity contribution is 0.332. The van der Waals surface area contributed by atoms with Crippen molar-refractivity contribution in [3.05, 3.63) is 35.1 Å². The third-order valence-electron chi connectivity index (χ3n) is 3.16. The Kier molecular flexibility index (Phi) is 4.56. The van der Waals surface area contributed by atoms with Gasteiger partial charge in [-0.05, 0) is 32.6 Å². The zero-order valence-corrected chi connectivity index (χ0v) is 12.4.